The van der Waals surface area contributed by atoms with Crippen molar-refractivity contribution in [2.24, 2.45) is 0 Å². The highest BCUT2D eigenvalue weighted by Crippen LogP contribution is 2.23. The molecule has 0 amide bonds. The Morgan fingerprint density at radius 2 is 2.00 bits per heavy atom. The maximum atomic E-state index is 4.27. The Balaban J connectivity index is 0.00000112. The number of H-pyrrole nitrogens is 1. The first kappa shape index (κ1) is 14.9. The first-order valence-corrected chi connectivity index (χ1v) is 4.69. The van der Waals surface area contributed by atoms with E-state index >= 15 is 0 Å². The average Bonchev–Trinajstić information content (AvgIpc) is 2.70. The Bertz CT molecular complexity index is 415. The number of pyridine rings is 1. The summed E-state index contributed by atoms with van der Waals surface area (Å²) in [6, 6.07) is 4.06. The van der Waals surface area contributed by atoms with Crippen LogP contribution in [0.25, 0.3) is 0 Å². The topological polar surface area (TPSA) is 41.6 Å². The van der Waals surface area contributed by atoms with E-state index in [2.05, 4.69) is 27.9 Å². The zero-order valence-electron chi connectivity index (χ0n) is 9.18. The van der Waals surface area contributed by atoms with Crippen LogP contribution in [0.5, 0.6) is 0 Å². The molecule has 2 rings (SSSR count). The lowest BCUT2D eigenvalue weighted by Crippen LogP contribution is -2.00. The Morgan fingerprint density at radius 3 is 2.56 bits per heavy atom. The van der Waals surface area contributed by atoms with E-state index in [0.29, 0.717) is 5.92 Å². The van der Waals surface area contributed by atoms with Gasteiger partial charge in [-0.25, -0.2) is 4.98 Å². The van der Waals surface area contributed by atoms with Gasteiger partial charge in [0, 0.05) is 24.0 Å². The van der Waals surface area contributed by atoms with Crippen LogP contribution < -0.4 is 0 Å². The highest BCUT2D eigenvalue weighted by molar-refractivity contribution is 5.85. The molecule has 0 spiro atoms. The summed E-state index contributed by atoms with van der Waals surface area (Å²) < 4.78 is 0. The standard InChI is InChI=1S/C11H13N3.2ClH/c1-8(11-6-12-7-14-11)10-4-3-5-13-9(10)2;;/h3-8H,1-2H3,(H,12,14);2*1H. The molecule has 1 atom stereocenters. The van der Waals surface area contributed by atoms with Crippen LogP contribution in [0, 0.1) is 6.92 Å². The SMILES string of the molecule is Cc1ncccc1C(C)c1c[nH]cn1.Cl.Cl. The van der Waals surface area contributed by atoms with E-state index in [1.54, 1.807) is 6.33 Å². The quantitative estimate of drug-likeness (QED) is 0.901. The van der Waals surface area contributed by atoms with Crippen molar-refractivity contribution < 1.29 is 0 Å². The summed E-state index contributed by atoms with van der Waals surface area (Å²) in [5.74, 6) is 0.301. The van der Waals surface area contributed by atoms with Crippen molar-refractivity contribution in [1.29, 1.82) is 0 Å². The van der Waals surface area contributed by atoms with Gasteiger partial charge < -0.3 is 4.98 Å². The smallest absolute Gasteiger partial charge is 0.0923 e. The lowest BCUT2D eigenvalue weighted by atomic mass is 9.97. The fourth-order valence-corrected chi connectivity index (χ4v) is 1.62. The lowest BCUT2D eigenvalue weighted by Gasteiger charge is -2.10. The molecular weight excluding hydrogens is 245 g/mol. The monoisotopic (exact) mass is 259 g/mol. The molecule has 1 unspecified atom stereocenters. The molecule has 2 aromatic heterocycles. The van der Waals surface area contributed by atoms with Crippen LogP contribution in [-0.4, -0.2) is 15.0 Å². The largest absolute Gasteiger partial charge is 0.351 e. The summed E-state index contributed by atoms with van der Waals surface area (Å²) >= 11 is 0. The molecule has 3 nitrogen and oxygen atoms in total. The van der Waals surface area contributed by atoms with Gasteiger partial charge in [0.25, 0.3) is 0 Å². The number of aromatic amines is 1. The van der Waals surface area contributed by atoms with Crippen LogP contribution in [0.1, 0.15) is 29.8 Å². The van der Waals surface area contributed by atoms with Crippen molar-refractivity contribution in [1.82, 2.24) is 15.0 Å². The maximum absolute atomic E-state index is 4.27. The van der Waals surface area contributed by atoms with Crippen molar-refractivity contribution in [2.75, 3.05) is 0 Å². The molecule has 1 N–H and O–H groups in total. The number of rotatable bonds is 2. The third kappa shape index (κ3) is 2.97. The molecule has 0 aliphatic rings. The van der Waals surface area contributed by atoms with Crippen molar-refractivity contribution >= 4 is 24.8 Å². The number of aryl methyl sites for hydroxylation is 1. The summed E-state index contributed by atoms with van der Waals surface area (Å²) in [6.45, 7) is 4.17. The van der Waals surface area contributed by atoms with Gasteiger partial charge in [-0.05, 0) is 18.6 Å². The highest BCUT2D eigenvalue weighted by Gasteiger charge is 2.12. The van der Waals surface area contributed by atoms with Gasteiger partial charge in [-0.2, -0.15) is 0 Å². The average molecular weight is 260 g/mol. The van der Waals surface area contributed by atoms with E-state index in [1.165, 1.54) is 5.56 Å². The molecule has 0 saturated heterocycles. The van der Waals surface area contributed by atoms with Crippen LogP contribution in [0.3, 0.4) is 0 Å². The van der Waals surface area contributed by atoms with Gasteiger partial charge in [0.05, 0.1) is 12.0 Å². The normalized spacial score (nSPS) is 11.1. The number of aromatic nitrogens is 3. The second-order valence-corrected chi connectivity index (χ2v) is 3.39. The van der Waals surface area contributed by atoms with Gasteiger partial charge in [-0.1, -0.05) is 13.0 Å². The first-order chi connectivity index (χ1) is 6.79. The predicted octanol–water partition coefficient (Wildman–Crippen LogP) is 3.11. The van der Waals surface area contributed by atoms with Crippen molar-refractivity contribution in [2.45, 2.75) is 19.8 Å². The van der Waals surface area contributed by atoms with Crippen LogP contribution >= 0.6 is 24.8 Å². The number of nitrogens with zero attached hydrogens (tertiary/aromatic N) is 2. The van der Waals surface area contributed by atoms with Gasteiger partial charge in [0.2, 0.25) is 0 Å². The van der Waals surface area contributed by atoms with Crippen molar-refractivity contribution in [3.63, 3.8) is 0 Å². The van der Waals surface area contributed by atoms with E-state index in [0.717, 1.165) is 11.4 Å². The molecule has 5 heteroatoms. The lowest BCUT2D eigenvalue weighted by molar-refractivity contribution is 0.860. The fourth-order valence-electron chi connectivity index (χ4n) is 1.62. The zero-order chi connectivity index (χ0) is 9.97. The number of imidazole rings is 1. The number of halogens is 2. The van der Waals surface area contributed by atoms with Gasteiger partial charge in [0.1, 0.15) is 0 Å². The van der Waals surface area contributed by atoms with E-state index in [4.69, 9.17) is 0 Å². The van der Waals surface area contributed by atoms with Crippen LogP contribution in [0.15, 0.2) is 30.9 Å². The van der Waals surface area contributed by atoms with Crippen molar-refractivity contribution in [3.05, 3.63) is 47.8 Å². The van der Waals surface area contributed by atoms with Crippen LogP contribution in [-0.2, 0) is 0 Å². The molecule has 0 fully saturated rings. The summed E-state index contributed by atoms with van der Waals surface area (Å²) in [5.41, 5.74) is 3.36. The first-order valence-electron chi connectivity index (χ1n) is 4.69. The summed E-state index contributed by atoms with van der Waals surface area (Å²) in [4.78, 5) is 11.5. The van der Waals surface area contributed by atoms with Crippen molar-refractivity contribution in [3.8, 4) is 0 Å². The Kier molecular flexibility index (Phi) is 6.08. The summed E-state index contributed by atoms with van der Waals surface area (Å²) in [7, 11) is 0. The number of hydrogen-bond acceptors (Lipinski definition) is 2. The molecule has 0 radical (unpaired) electrons. The number of hydrogen-bond donors (Lipinski definition) is 1. The molecule has 0 saturated carbocycles. The van der Waals surface area contributed by atoms with E-state index in [9.17, 15) is 0 Å². The maximum Gasteiger partial charge on any atom is 0.0923 e. The van der Waals surface area contributed by atoms with Gasteiger partial charge in [-0.3, -0.25) is 4.98 Å². The minimum atomic E-state index is 0. The molecule has 0 bridgehead atoms. The van der Waals surface area contributed by atoms with Gasteiger partial charge >= 0.3 is 0 Å². The molecule has 2 aromatic rings. The third-order valence-corrected chi connectivity index (χ3v) is 2.48. The molecule has 16 heavy (non-hydrogen) atoms. The second-order valence-electron chi connectivity index (χ2n) is 3.39. The van der Waals surface area contributed by atoms with E-state index in [-0.39, 0.29) is 24.8 Å². The summed E-state index contributed by atoms with van der Waals surface area (Å²) in [6.07, 6.45) is 5.45. The van der Waals surface area contributed by atoms with Crippen LogP contribution in [0.4, 0.5) is 0 Å². The second kappa shape index (κ2) is 6.51. The minimum absolute atomic E-state index is 0. The molecule has 0 aromatic carbocycles. The van der Waals surface area contributed by atoms with E-state index in [1.807, 2.05) is 25.4 Å². The predicted molar refractivity (Wildman–Crippen MR) is 69.6 cm³/mol. The van der Waals surface area contributed by atoms with Crippen LogP contribution in [0.2, 0.25) is 0 Å². The highest BCUT2D eigenvalue weighted by atomic mass is 35.5. The Labute approximate surface area is 108 Å². The zero-order valence-corrected chi connectivity index (χ0v) is 10.8. The van der Waals surface area contributed by atoms with Gasteiger partial charge in [-0.15, -0.1) is 24.8 Å². The Morgan fingerprint density at radius 1 is 1.25 bits per heavy atom. The molecule has 88 valence electrons. The fraction of sp³-hybridized carbons (Fsp3) is 0.273. The molecular formula is C11H15Cl2N3. The van der Waals surface area contributed by atoms with Gasteiger partial charge in [0.15, 0.2) is 0 Å². The van der Waals surface area contributed by atoms with E-state index < -0.39 is 0 Å². The number of nitrogens with one attached hydrogen (secondary N) is 1. The Hall–Kier alpha value is -1.06. The minimum Gasteiger partial charge on any atom is -0.351 e. The summed E-state index contributed by atoms with van der Waals surface area (Å²) in [5, 5.41) is 0. The molecule has 2 heterocycles. The third-order valence-electron chi connectivity index (χ3n) is 2.48. The molecule has 0 aliphatic heterocycles. The molecule has 0 aliphatic carbocycles.